The summed E-state index contributed by atoms with van der Waals surface area (Å²) in [7, 11) is 0. The Kier molecular flexibility index (Phi) is 3.94. The smallest absolute Gasteiger partial charge is 0.0434 e. The first-order valence-electron chi connectivity index (χ1n) is 5.23. The molecule has 0 N–H and O–H groups in total. The van der Waals surface area contributed by atoms with Crippen molar-refractivity contribution in [3.8, 4) is 0 Å². The molecule has 1 heterocycles. The summed E-state index contributed by atoms with van der Waals surface area (Å²) in [6.45, 7) is 6.63. The molecule has 0 fully saturated rings. The minimum atomic E-state index is 0.594. The summed E-state index contributed by atoms with van der Waals surface area (Å²) in [5.74, 6) is 0.594. The molecular weight excluding hydrogens is 158 g/mol. The van der Waals surface area contributed by atoms with E-state index in [0.717, 1.165) is 6.42 Å². The zero-order valence-corrected chi connectivity index (χ0v) is 8.88. The van der Waals surface area contributed by atoms with Crippen molar-refractivity contribution in [3.63, 3.8) is 0 Å². The topological polar surface area (TPSA) is 12.9 Å². The van der Waals surface area contributed by atoms with Crippen LogP contribution in [0.4, 0.5) is 0 Å². The van der Waals surface area contributed by atoms with Crippen molar-refractivity contribution in [1.82, 2.24) is 4.98 Å². The maximum atomic E-state index is 4.63. The number of hydrogen-bond donors (Lipinski definition) is 0. The van der Waals surface area contributed by atoms with Crippen molar-refractivity contribution >= 4 is 0 Å². The second-order valence-corrected chi connectivity index (χ2v) is 3.61. The average Bonchev–Trinajstić information content (AvgIpc) is 2.18. The van der Waals surface area contributed by atoms with Gasteiger partial charge in [0.05, 0.1) is 0 Å². The lowest BCUT2D eigenvalue weighted by Crippen LogP contribution is -1.98. The van der Waals surface area contributed by atoms with Crippen LogP contribution >= 0.6 is 0 Å². The van der Waals surface area contributed by atoms with E-state index >= 15 is 0 Å². The van der Waals surface area contributed by atoms with E-state index in [-0.39, 0.29) is 0 Å². The number of aromatic nitrogens is 1. The monoisotopic (exact) mass is 177 g/mol. The molecule has 0 spiro atoms. The molecule has 0 bridgehead atoms. The lowest BCUT2D eigenvalue weighted by Gasteiger charge is -2.08. The molecule has 1 heteroatoms. The Bertz CT molecular complexity index is 255. The molecule has 1 rings (SSSR count). The number of aryl methyl sites for hydroxylation is 1. The van der Waals surface area contributed by atoms with E-state index < -0.39 is 0 Å². The Balaban J connectivity index is 2.78. The summed E-state index contributed by atoms with van der Waals surface area (Å²) in [5, 5.41) is 0. The van der Waals surface area contributed by atoms with Gasteiger partial charge in [-0.25, -0.2) is 0 Å². The molecule has 1 aromatic rings. The highest BCUT2D eigenvalue weighted by atomic mass is 14.7. The Morgan fingerprint density at radius 1 is 1.31 bits per heavy atom. The molecule has 1 atom stereocenters. The first-order chi connectivity index (χ1) is 6.27. The average molecular weight is 177 g/mol. The molecule has 1 nitrogen and oxygen atoms in total. The first-order valence-corrected chi connectivity index (χ1v) is 5.23. The van der Waals surface area contributed by atoms with Crippen LogP contribution in [0.1, 0.15) is 50.9 Å². The van der Waals surface area contributed by atoms with Crippen LogP contribution in [-0.2, 0) is 6.42 Å². The third-order valence-corrected chi connectivity index (χ3v) is 2.45. The van der Waals surface area contributed by atoms with E-state index in [9.17, 15) is 0 Å². The summed E-state index contributed by atoms with van der Waals surface area (Å²) in [4.78, 5) is 4.63. The lowest BCUT2D eigenvalue weighted by atomic mass is 10.0. The highest BCUT2D eigenvalue weighted by molar-refractivity contribution is 5.14. The SMILES string of the molecule is CCCc1cccc(C(C)CC)n1. The van der Waals surface area contributed by atoms with Crippen molar-refractivity contribution in [1.29, 1.82) is 0 Å². The number of pyridine rings is 1. The molecule has 72 valence electrons. The summed E-state index contributed by atoms with van der Waals surface area (Å²) in [5.41, 5.74) is 2.48. The third-order valence-electron chi connectivity index (χ3n) is 2.45. The molecule has 1 unspecified atom stereocenters. The number of rotatable bonds is 4. The molecule has 0 aliphatic carbocycles. The second kappa shape index (κ2) is 5.00. The van der Waals surface area contributed by atoms with Gasteiger partial charge in [-0.05, 0) is 30.9 Å². The van der Waals surface area contributed by atoms with Crippen LogP contribution in [0.5, 0.6) is 0 Å². The zero-order chi connectivity index (χ0) is 9.68. The Morgan fingerprint density at radius 2 is 2.08 bits per heavy atom. The van der Waals surface area contributed by atoms with Gasteiger partial charge >= 0.3 is 0 Å². The lowest BCUT2D eigenvalue weighted by molar-refractivity contribution is 0.699. The van der Waals surface area contributed by atoms with Crippen LogP contribution in [0.25, 0.3) is 0 Å². The molecule has 0 aliphatic rings. The van der Waals surface area contributed by atoms with E-state index in [0.29, 0.717) is 5.92 Å². The Labute approximate surface area is 81.2 Å². The molecular formula is C12H19N. The van der Waals surface area contributed by atoms with Gasteiger partial charge in [0, 0.05) is 11.4 Å². The van der Waals surface area contributed by atoms with Gasteiger partial charge in [0.25, 0.3) is 0 Å². The Morgan fingerprint density at radius 3 is 2.69 bits per heavy atom. The van der Waals surface area contributed by atoms with Gasteiger partial charge in [-0.15, -0.1) is 0 Å². The van der Waals surface area contributed by atoms with Crippen LogP contribution in [0.3, 0.4) is 0 Å². The van der Waals surface area contributed by atoms with Gasteiger partial charge in [0.2, 0.25) is 0 Å². The fourth-order valence-corrected chi connectivity index (χ4v) is 1.38. The molecule has 0 aliphatic heterocycles. The van der Waals surface area contributed by atoms with Gasteiger partial charge < -0.3 is 0 Å². The van der Waals surface area contributed by atoms with Crippen LogP contribution in [0.2, 0.25) is 0 Å². The second-order valence-electron chi connectivity index (χ2n) is 3.61. The van der Waals surface area contributed by atoms with Crippen molar-refractivity contribution in [2.75, 3.05) is 0 Å². The van der Waals surface area contributed by atoms with Crippen molar-refractivity contribution < 1.29 is 0 Å². The molecule has 0 saturated heterocycles. The summed E-state index contributed by atoms with van der Waals surface area (Å²) < 4.78 is 0. The standard InChI is InChI=1S/C12H19N/c1-4-7-11-8-6-9-12(13-11)10(3)5-2/h6,8-10H,4-5,7H2,1-3H3. The number of hydrogen-bond acceptors (Lipinski definition) is 1. The van der Waals surface area contributed by atoms with Gasteiger partial charge in [-0.2, -0.15) is 0 Å². The van der Waals surface area contributed by atoms with E-state index in [1.165, 1.54) is 24.2 Å². The minimum absolute atomic E-state index is 0.594. The van der Waals surface area contributed by atoms with E-state index in [1.54, 1.807) is 0 Å². The molecule has 0 aromatic carbocycles. The molecule has 0 saturated carbocycles. The van der Waals surface area contributed by atoms with Gasteiger partial charge in [-0.1, -0.05) is 33.3 Å². The zero-order valence-electron chi connectivity index (χ0n) is 8.88. The highest BCUT2D eigenvalue weighted by Gasteiger charge is 2.04. The Hall–Kier alpha value is -0.850. The van der Waals surface area contributed by atoms with Crippen LogP contribution < -0.4 is 0 Å². The summed E-state index contributed by atoms with van der Waals surface area (Å²) in [6, 6.07) is 6.38. The summed E-state index contributed by atoms with van der Waals surface area (Å²) >= 11 is 0. The quantitative estimate of drug-likeness (QED) is 0.685. The van der Waals surface area contributed by atoms with Crippen molar-refractivity contribution in [3.05, 3.63) is 29.6 Å². The predicted molar refractivity (Wildman–Crippen MR) is 56.9 cm³/mol. The number of nitrogens with zero attached hydrogens (tertiary/aromatic N) is 1. The maximum absolute atomic E-state index is 4.63. The van der Waals surface area contributed by atoms with Gasteiger partial charge in [-0.3, -0.25) is 4.98 Å². The molecule has 1 aromatic heterocycles. The van der Waals surface area contributed by atoms with Crippen LogP contribution in [0.15, 0.2) is 18.2 Å². The molecule has 13 heavy (non-hydrogen) atoms. The minimum Gasteiger partial charge on any atom is -0.258 e. The largest absolute Gasteiger partial charge is 0.258 e. The van der Waals surface area contributed by atoms with E-state index in [1.807, 2.05) is 0 Å². The normalized spacial score (nSPS) is 12.8. The van der Waals surface area contributed by atoms with Crippen molar-refractivity contribution in [2.24, 2.45) is 0 Å². The van der Waals surface area contributed by atoms with E-state index in [4.69, 9.17) is 0 Å². The summed E-state index contributed by atoms with van der Waals surface area (Å²) in [6.07, 6.45) is 3.45. The highest BCUT2D eigenvalue weighted by Crippen LogP contribution is 2.16. The third kappa shape index (κ3) is 2.83. The van der Waals surface area contributed by atoms with Gasteiger partial charge in [0.1, 0.15) is 0 Å². The molecule has 0 amide bonds. The van der Waals surface area contributed by atoms with Gasteiger partial charge in [0.15, 0.2) is 0 Å². The fourth-order valence-electron chi connectivity index (χ4n) is 1.38. The predicted octanol–water partition coefficient (Wildman–Crippen LogP) is 3.55. The van der Waals surface area contributed by atoms with Crippen LogP contribution in [-0.4, -0.2) is 4.98 Å². The molecule has 0 radical (unpaired) electrons. The van der Waals surface area contributed by atoms with Crippen molar-refractivity contribution in [2.45, 2.75) is 46.0 Å². The van der Waals surface area contributed by atoms with E-state index in [2.05, 4.69) is 44.0 Å². The first kappa shape index (κ1) is 10.2. The van der Waals surface area contributed by atoms with Crippen LogP contribution in [0, 0.1) is 0 Å². The maximum Gasteiger partial charge on any atom is 0.0434 e. The fraction of sp³-hybridized carbons (Fsp3) is 0.583.